The van der Waals surface area contributed by atoms with Gasteiger partial charge in [-0.15, -0.1) is 0 Å². The van der Waals surface area contributed by atoms with E-state index in [-0.39, 0.29) is 5.92 Å². The number of nitrogens with zero attached hydrogens (tertiary/aromatic N) is 1. The number of aryl methyl sites for hydroxylation is 2. The van der Waals surface area contributed by atoms with Crippen molar-refractivity contribution in [3.05, 3.63) is 29.3 Å². The molecule has 21 heavy (non-hydrogen) atoms. The average Bonchev–Trinajstić information content (AvgIpc) is 2.42. The van der Waals surface area contributed by atoms with E-state index in [4.69, 9.17) is 0 Å². The minimum atomic E-state index is -0.722. The zero-order valence-corrected chi connectivity index (χ0v) is 13.9. The maximum atomic E-state index is 11.2. The van der Waals surface area contributed by atoms with Gasteiger partial charge in [-0.1, -0.05) is 51.3 Å². The van der Waals surface area contributed by atoms with Gasteiger partial charge in [0.25, 0.3) is 0 Å². The van der Waals surface area contributed by atoms with E-state index in [2.05, 4.69) is 43.9 Å². The fraction of sp³-hybridized carbons (Fsp3) is 0.611. The van der Waals surface area contributed by atoms with E-state index >= 15 is 0 Å². The zero-order chi connectivity index (χ0) is 15.8. The number of hydrogen-bond acceptors (Lipinski definition) is 2. The minimum absolute atomic E-state index is 0.352. The number of unbranched alkanes of at least 4 members (excludes halogenated alkanes) is 3. The fourth-order valence-corrected chi connectivity index (χ4v) is 2.74. The highest BCUT2D eigenvalue weighted by Crippen LogP contribution is 2.26. The zero-order valence-electron chi connectivity index (χ0n) is 13.9. The molecule has 0 bridgehead atoms. The van der Waals surface area contributed by atoms with Crippen molar-refractivity contribution in [1.29, 1.82) is 0 Å². The standard InChI is InChI=1S/C18H29NO2/c1-5-6-7-8-12-19(13-16(4)18(20)21)17-14(2)10-9-11-15(17)3/h9-11,16H,5-8,12-13H2,1-4H3,(H,20,21). The average molecular weight is 291 g/mol. The molecule has 1 aromatic rings. The van der Waals surface area contributed by atoms with Crippen LogP contribution in [0.1, 0.15) is 50.7 Å². The molecule has 1 N–H and O–H groups in total. The SMILES string of the molecule is CCCCCCN(CC(C)C(=O)O)c1c(C)cccc1C. The summed E-state index contributed by atoms with van der Waals surface area (Å²) in [5.74, 6) is -1.07. The predicted octanol–water partition coefficient (Wildman–Crippen LogP) is 4.41. The van der Waals surface area contributed by atoms with Gasteiger partial charge in [0, 0.05) is 18.8 Å². The van der Waals surface area contributed by atoms with E-state index in [1.165, 1.54) is 36.1 Å². The molecule has 1 rings (SSSR count). The van der Waals surface area contributed by atoms with Gasteiger partial charge >= 0.3 is 5.97 Å². The second kappa shape index (κ2) is 8.71. The van der Waals surface area contributed by atoms with E-state index in [9.17, 15) is 9.90 Å². The number of carboxylic acids is 1. The number of carboxylic acid groups (broad SMARTS) is 1. The summed E-state index contributed by atoms with van der Waals surface area (Å²) in [6.45, 7) is 9.71. The number of anilines is 1. The summed E-state index contributed by atoms with van der Waals surface area (Å²) >= 11 is 0. The Bertz CT molecular complexity index is 436. The maximum Gasteiger partial charge on any atom is 0.308 e. The number of carbonyl (C=O) groups is 1. The normalized spacial score (nSPS) is 12.2. The van der Waals surface area contributed by atoms with Crippen LogP contribution in [0.15, 0.2) is 18.2 Å². The van der Waals surface area contributed by atoms with Gasteiger partial charge in [0.2, 0.25) is 0 Å². The molecule has 3 heteroatoms. The molecule has 0 aliphatic rings. The largest absolute Gasteiger partial charge is 0.481 e. The van der Waals surface area contributed by atoms with Crippen LogP contribution in [0.5, 0.6) is 0 Å². The van der Waals surface area contributed by atoms with Crippen molar-refractivity contribution in [2.75, 3.05) is 18.0 Å². The van der Waals surface area contributed by atoms with Gasteiger partial charge in [-0.2, -0.15) is 0 Å². The Hall–Kier alpha value is -1.51. The molecular weight excluding hydrogens is 262 g/mol. The molecule has 0 heterocycles. The van der Waals surface area contributed by atoms with Crippen molar-refractivity contribution in [3.63, 3.8) is 0 Å². The third-order valence-corrected chi connectivity index (χ3v) is 3.95. The Labute approximate surface area is 129 Å². The highest BCUT2D eigenvalue weighted by atomic mass is 16.4. The van der Waals surface area contributed by atoms with Crippen LogP contribution in [-0.2, 0) is 4.79 Å². The van der Waals surface area contributed by atoms with E-state index in [0.29, 0.717) is 6.54 Å². The van der Waals surface area contributed by atoms with Crippen LogP contribution in [-0.4, -0.2) is 24.2 Å². The van der Waals surface area contributed by atoms with Crippen LogP contribution in [0.25, 0.3) is 0 Å². The molecule has 1 aromatic carbocycles. The van der Waals surface area contributed by atoms with E-state index in [1.54, 1.807) is 6.92 Å². The van der Waals surface area contributed by atoms with Crippen LogP contribution in [0.2, 0.25) is 0 Å². The number of rotatable bonds is 9. The van der Waals surface area contributed by atoms with E-state index < -0.39 is 5.97 Å². The summed E-state index contributed by atoms with van der Waals surface area (Å²) in [5.41, 5.74) is 3.66. The van der Waals surface area contributed by atoms with Crippen molar-refractivity contribution < 1.29 is 9.90 Å². The highest BCUT2D eigenvalue weighted by Gasteiger charge is 2.18. The Morgan fingerprint density at radius 1 is 1.19 bits per heavy atom. The van der Waals surface area contributed by atoms with Gasteiger partial charge < -0.3 is 10.0 Å². The quantitative estimate of drug-likeness (QED) is 0.685. The molecule has 1 atom stereocenters. The van der Waals surface area contributed by atoms with Crippen molar-refractivity contribution in [2.45, 2.75) is 53.4 Å². The van der Waals surface area contributed by atoms with Crippen LogP contribution in [0.4, 0.5) is 5.69 Å². The van der Waals surface area contributed by atoms with E-state index in [0.717, 1.165) is 13.0 Å². The Morgan fingerprint density at radius 3 is 2.33 bits per heavy atom. The second-order valence-electron chi connectivity index (χ2n) is 5.99. The molecule has 0 aliphatic heterocycles. The van der Waals surface area contributed by atoms with Crippen molar-refractivity contribution in [2.24, 2.45) is 5.92 Å². The smallest absolute Gasteiger partial charge is 0.308 e. The maximum absolute atomic E-state index is 11.2. The van der Waals surface area contributed by atoms with Crippen molar-refractivity contribution >= 4 is 11.7 Å². The summed E-state index contributed by atoms with van der Waals surface area (Å²) in [5, 5.41) is 9.20. The third kappa shape index (κ3) is 5.41. The van der Waals surface area contributed by atoms with Gasteiger partial charge in [-0.05, 0) is 31.4 Å². The van der Waals surface area contributed by atoms with Crippen LogP contribution in [0, 0.1) is 19.8 Å². The first-order valence-corrected chi connectivity index (χ1v) is 8.01. The van der Waals surface area contributed by atoms with Gasteiger partial charge in [0.05, 0.1) is 5.92 Å². The first-order valence-electron chi connectivity index (χ1n) is 8.01. The molecule has 0 aliphatic carbocycles. The van der Waals surface area contributed by atoms with E-state index in [1.807, 2.05) is 0 Å². The lowest BCUT2D eigenvalue weighted by Gasteiger charge is -2.29. The third-order valence-electron chi connectivity index (χ3n) is 3.95. The molecule has 3 nitrogen and oxygen atoms in total. The van der Waals surface area contributed by atoms with Gasteiger partial charge in [-0.25, -0.2) is 0 Å². The van der Waals surface area contributed by atoms with Crippen molar-refractivity contribution in [1.82, 2.24) is 0 Å². The lowest BCUT2D eigenvalue weighted by atomic mass is 10.0. The summed E-state index contributed by atoms with van der Waals surface area (Å²) in [4.78, 5) is 13.4. The first-order chi connectivity index (χ1) is 9.97. The molecule has 0 amide bonds. The fourth-order valence-electron chi connectivity index (χ4n) is 2.74. The van der Waals surface area contributed by atoms with Gasteiger partial charge in [0.1, 0.15) is 0 Å². The second-order valence-corrected chi connectivity index (χ2v) is 5.99. The number of hydrogen-bond donors (Lipinski definition) is 1. The molecule has 1 unspecified atom stereocenters. The molecule has 0 saturated carbocycles. The Kier molecular flexibility index (Phi) is 7.27. The monoisotopic (exact) mass is 291 g/mol. The van der Waals surface area contributed by atoms with Gasteiger partial charge in [-0.3, -0.25) is 4.79 Å². The van der Waals surface area contributed by atoms with Crippen LogP contribution >= 0.6 is 0 Å². The summed E-state index contributed by atoms with van der Waals surface area (Å²) in [7, 11) is 0. The number of para-hydroxylation sites is 1. The highest BCUT2D eigenvalue weighted by molar-refractivity contribution is 5.71. The molecule has 0 radical (unpaired) electrons. The van der Waals surface area contributed by atoms with Crippen LogP contribution < -0.4 is 4.90 Å². The molecule has 118 valence electrons. The molecule has 0 spiro atoms. The first kappa shape index (κ1) is 17.5. The van der Waals surface area contributed by atoms with Gasteiger partial charge in [0.15, 0.2) is 0 Å². The predicted molar refractivity (Wildman–Crippen MR) is 89.1 cm³/mol. The summed E-state index contributed by atoms with van der Waals surface area (Å²) < 4.78 is 0. The topological polar surface area (TPSA) is 40.5 Å². The lowest BCUT2D eigenvalue weighted by molar-refractivity contribution is -0.140. The summed E-state index contributed by atoms with van der Waals surface area (Å²) in [6, 6.07) is 6.27. The Morgan fingerprint density at radius 2 is 1.81 bits per heavy atom. The van der Waals surface area contributed by atoms with Crippen molar-refractivity contribution in [3.8, 4) is 0 Å². The number of aliphatic carboxylic acids is 1. The molecular formula is C18H29NO2. The minimum Gasteiger partial charge on any atom is -0.481 e. The Balaban J connectivity index is 2.87. The molecule has 0 aromatic heterocycles. The lowest BCUT2D eigenvalue weighted by Crippen LogP contribution is -2.33. The number of benzene rings is 1. The summed E-state index contributed by atoms with van der Waals surface area (Å²) in [6.07, 6.45) is 4.79. The molecule has 0 saturated heterocycles. The van der Waals surface area contributed by atoms with Crippen LogP contribution in [0.3, 0.4) is 0 Å². The molecule has 0 fully saturated rings.